The Balaban J connectivity index is 2.15. The van der Waals surface area contributed by atoms with Gasteiger partial charge in [-0.2, -0.15) is 11.8 Å². The van der Waals surface area contributed by atoms with Crippen molar-refractivity contribution in [3.05, 3.63) is 0 Å². The van der Waals surface area contributed by atoms with Gasteiger partial charge in [0.05, 0.1) is 6.04 Å². The highest BCUT2D eigenvalue weighted by molar-refractivity contribution is 7.98. The molecular formula is C12H25N3OS. The van der Waals surface area contributed by atoms with Gasteiger partial charge in [0.2, 0.25) is 5.91 Å². The van der Waals surface area contributed by atoms with Gasteiger partial charge in [-0.05, 0) is 43.9 Å². The molecule has 0 bridgehead atoms. The number of nitrogens with two attached hydrogens (primary N) is 1. The molecule has 1 saturated heterocycles. The lowest BCUT2D eigenvalue weighted by Gasteiger charge is -2.16. The van der Waals surface area contributed by atoms with Crippen molar-refractivity contribution in [2.75, 3.05) is 38.2 Å². The lowest BCUT2D eigenvalue weighted by molar-refractivity contribution is -0.122. The Bertz CT molecular complexity index is 238. The van der Waals surface area contributed by atoms with Crippen molar-refractivity contribution >= 4 is 17.7 Å². The topological polar surface area (TPSA) is 58.4 Å². The van der Waals surface area contributed by atoms with Gasteiger partial charge in [-0.15, -0.1) is 0 Å². The molecule has 5 heteroatoms. The van der Waals surface area contributed by atoms with Gasteiger partial charge in [0.25, 0.3) is 0 Å². The Morgan fingerprint density at radius 3 is 3.00 bits per heavy atom. The van der Waals surface area contributed by atoms with Crippen molar-refractivity contribution < 1.29 is 4.79 Å². The monoisotopic (exact) mass is 259 g/mol. The van der Waals surface area contributed by atoms with Gasteiger partial charge >= 0.3 is 0 Å². The van der Waals surface area contributed by atoms with Crippen LogP contribution < -0.4 is 11.1 Å². The number of rotatable bonds is 7. The molecule has 4 nitrogen and oxygen atoms in total. The molecule has 3 N–H and O–H groups in total. The van der Waals surface area contributed by atoms with Crippen molar-refractivity contribution in [1.82, 2.24) is 10.2 Å². The third-order valence-electron chi connectivity index (χ3n) is 3.35. The van der Waals surface area contributed by atoms with Gasteiger partial charge in [0.15, 0.2) is 0 Å². The first kappa shape index (κ1) is 14.8. The van der Waals surface area contributed by atoms with Crippen LogP contribution in [-0.4, -0.2) is 55.0 Å². The second kappa shape index (κ2) is 7.95. The maximum Gasteiger partial charge on any atom is 0.236 e. The van der Waals surface area contributed by atoms with E-state index >= 15 is 0 Å². The first-order chi connectivity index (χ1) is 8.17. The number of likely N-dealkylation sites (tertiary alicyclic amines) is 1. The lowest BCUT2D eigenvalue weighted by Crippen LogP contribution is -2.43. The molecule has 1 unspecified atom stereocenters. The minimum Gasteiger partial charge on any atom is -0.354 e. The van der Waals surface area contributed by atoms with E-state index in [4.69, 9.17) is 5.73 Å². The number of thioether (sulfide) groups is 1. The van der Waals surface area contributed by atoms with Crippen LogP contribution >= 0.6 is 11.8 Å². The molecule has 1 heterocycles. The second-order valence-electron chi connectivity index (χ2n) is 4.68. The van der Waals surface area contributed by atoms with Crippen molar-refractivity contribution in [3.8, 4) is 0 Å². The quantitative estimate of drug-likeness (QED) is 0.700. The maximum atomic E-state index is 11.7. The summed E-state index contributed by atoms with van der Waals surface area (Å²) < 4.78 is 0. The van der Waals surface area contributed by atoms with Gasteiger partial charge in [-0.25, -0.2) is 0 Å². The molecule has 0 aromatic heterocycles. The molecule has 1 amide bonds. The van der Waals surface area contributed by atoms with E-state index in [0.29, 0.717) is 5.92 Å². The van der Waals surface area contributed by atoms with Crippen molar-refractivity contribution in [2.24, 2.45) is 11.7 Å². The van der Waals surface area contributed by atoms with Gasteiger partial charge in [-0.3, -0.25) is 4.79 Å². The highest BCUT2D eigenvalue weighted by Crippen LogP contribution is 2.14. The van der Waals surface area contributed by atoms with E-state index in [0.717, 1.165) is 38.4 Å². The largest absolute Gasteiger partial charge is 0.354 e. The average Bonchev–Trinajstić information content (AvgIpc) is 2.80. The van der Waals surface area contributed by atoms with Crippen LogP contribution in [0, 0.1) is 5.92 Å². The number of nitrogens with one attached hydrogen (secondary N) is 1. The zero-order valence-corrected chi connectivity index (χ0v) is 11.8. The number of carbonyl (C=O) groups is 1. The molecule has 0 radical (unpaired) electrons. The summed E-state index contributed by atoms with van der Waals surface area (Å²) in [4.78, 5) is 14.1. The molecule has 1 aliphatic heterocycles. The van der Waals surface area contributed by atoms with Gasteiger partial charge in [0.1, 0.15) is 0 Å². The van der Waals surface area contributed by atoms with Crippen molar-refractivity contribution in [2.45, 2.75) is 25.8 Å². The highest BCUT2D eigenvalue weighted by atomic mass is 32.2. The minimum atomic E-state index is -0.342. The number of nitrogens with zero attached hydrogens (tertiary/aromatic N) is 1. The van der Waals surface area contributed by atoms with Crippen molar-refractivity contribution in [3.63, 3.8) is 0 Å². The molecule has 100 valence electrons. The predicted molar refractivity (Wildman–Crippen MR) is 74.2 cm³/mol. The first-order valence-electron chi connectivity index (χ1n) is 6.42. The molecule has 1 rings (SSSR count). The first-order valence-corrected chi connectivity index (χ1v) is 7.81. The Labute approximate surface area is 109 Å². The van der Waals surface area contributed by atoms with Crippen LogP contribution in [0.25, 0.3) is 0 Å². The zero-order chi connectivity index (χ0) is 12.7. The molecule has 1 fully saturated rings. The lowest BCUT2D eigenvalue weighted by atomic mass is 10.1. The van der Waals surface area contributed by atoms with Crippen molar-refractivity contribution in [1.29, 1.82) is 0 Å². The third kappa shape index (κ3) is 5.27. The Morgan fingerprint density at radius 1 is 1.65 bits per heavy atom. The normalized spacial score (nSPS) is 22.6. The van der Waals surface area contributed by atoms with Gasteiger partial charge < -0.3 is 16.0 Å². The summed E-state index contributed by atoms with van der Waals surface area (Å²) in [7, 11) is 0. The summed E-state index contributed by atoms with van der Waals surface area (Å²) in [5.74, 6) is 1.56. The fraction of sp³-hybridized carbons (Fsp3) is 0.917. The summed E-state index contributed by atoms with van der Waals surface area (Å²) in [5, 5.41) is 2.98. The molecule has 0 saturated carbocycles. The predicted octanol–water partition coefficient (Wildman–Crippen LogP) is 0.525. The molecule has 17 heavy (non-hydrogen) atoms. The molecular weight excluding hydrogens is 234 g/mol. The van der Waals surface area contributed by atoms with Gasteiger partial charge in [-0.1, -0.05) is 6.92 Å². The highest BCUT2D eigenvalue weighted by Gasteiger charge is 2.22. The number of hydrogen-bond acceptors (Lipinski definition) is 4. The van der Waals surface area contributed by atoms with Crippen LogP contribution in [0.15, 0.2) is 0 Å². The molecule has 1 aliphatic rings. The number of carbonyl (C=O) groups excluding carboxylic acids is 1. The van der Waals surface area contributed by atoms with E-state index in [1.165, 1.54) is 6.42 Å². The fourth-order valence-electron chi connectivity index (χ4n) is 2.12. The Hall–Kier alpha value is -0.260. The smallest absolute Gasteiger partial charge is 0.236 e. The molecule has 0 aliphatic carbocycles. The van der Waals surface area contributed by atoms with Crippen LogP contribution in [0.4, 0.5) is 0 Å². The van der Waals surface area contributed by atoms with Crippen LogP contribution in [-0.2, 0) is 4.79 Å². The maximum absolute atomic E-state index is 11.7. The third-order valence-corrected chi connectivity index (χ3v) is 4.00. The van der Waals surface area contributed by atoms with E-state index in [1.54, 1.807) is 11.8 Å². The standard InChI is InChI=1S/C12H25N3OS/c1-3-15-6-4-10(9-15)8-14-12(16)11(13)5-7-17-2/h10-11H,3-9,13H2,1-2H3,(H,14,16)/t10?,11-/m1/s1. The summed E-state index contributed by atoms with van der Waals surface area (Å²) in [5.41, 5.74) is 5.81. The SMILES string of the molecule is CCN1CCC(CNC(=O)[C@H](N)CCSC)C1. The second-order valence-corrected chi connectivity index (χ2v) is 5.67. The minimum absolute atomic E-state index is 0.00833. The van der Waals surface area contributed by atoms with E-state index < -0.39 is 0 Å². The average molecular weight is 259 g/mol. The number of hydrogen-bond donors (Lipinski definition) is 2. The fourth-order valence-corrected chi connectivity index (χ4v) is 2.61. The van der Waals surface area contributed by atoms with E-state index in [-0.39, 0.29) is 11.9 Å². The van der Waals surface area contributed by atoms with E-state index in [9.17, 15) is 4.79 Å². The Morgan fingerprint density at radius 2 is 2.41 bits per heavy atom. The summed E-state index contributed by atoms with van der Waals surface area (Å²) in [6.45, 7) is 6.34. The van der Waals surface area contributed by atoms with Gasteiger partial charge in [0, 0.05) is 13.1 Å². The van der Waals surface area contributed by atoms with Crippen LogP contribution in [0.1, 0.15) is 19.8 Å². The summed E-state index contributed by atoms with van der Waals surface area (Å²) in [6, 6.07) is -0.342. The van der Waals surface area contributed by atoms with Crippen LogP contribution in [0.2, 0.25) is 0 Å². The summed E-state index contributed by atoms with van der Waals surface area (Å²) >= 11 is 1.73. The molecule has 0 spiro atoms. The molecule has 2 atom stereocenters. The van der Waals surface area contributed by atoms with E-state index in [1.807, 2.05) is 6.26 Å². The molecule has 0 aromatic carbocycles. The van der Waals surface area contributed by atoms with Crippen LogP contribution in [0.3, 0.4) is 0 Å². The summed E-state index contributed by atoms with van der Waals surface area (Å²) in [6.07, 6.45) is 3.98. The van der Waals surface area contributed by atoms with Crippen LogP contribution in [0.5, 0.6) is 0 Å². The zero-order valence-electron chi connectivity index (χ0n) is 10.9. The number of amides is 1. The van der Waals surface area contributed by atoms with E-state index in [2.05, 4.69) is 17.1 Å². The Kier molecular flexibility index (Phi) is 6.92. The molecule has 0 aromatic rings.